The fourth-order valence-electron chi connectivity index (χ4n) is 3.17. The Bertz CT molecular complexity index is 351. The van der Waals surface area contributed by atoms with Gasteiger partial charge in [0.2, 0.25) is 5.91 Å². The van der Waals surface area contributed by atoms with E-state index in [0.29, 0.717) is 25.0 Å². The van der Waals surface area contributed by atoms with Crippen LogP contribution in [0.25, 0.3) is 0 Å². The highest BCUT2D eigenvalue weighted by Gasteiger charge is 2.23. The molecule has 2 heterocycles. The van der Waals surface area contributed by atoms with Gasteiger partial charge in [0.05, 0.1) is 19.3 Å². The third kappa shape index (κ3) is 5.83. The van der Waals surface area contributed by atoms with Crippen molar-refractivity contribution < 1.29 is 9.53 Å². The molecular formula is C16H32N4O2. The summed E-state index contributed by atoms with van der Waals surface area (Å²) >= 11 is 0. The number of amides is 1. The predicted molar refractivity (Wildman–Crippen MR) is 87.9 cm³/mol. The van der Waals surface area contributed by atoms with Crippen LogP contribution >= 0.6 is 0 Å². The fraction of sp³-hybridized carbons (Fsp3) is 0.938. The number of rotatable bonds is 6. The molecule has 6 nitrogen and oxygen atoms in total. The van der Waals surface area contributed by atoms with Gasteiger partial charge in [-0.25, -0.2) is 0 Å². The Morgan fingerprint density at radius 2 is 2.23 bits per heavy atom. The van der Waals surface area contributed by atoms with Crippen molar-refractivity contribution in [1.29, 1.82) is 0 Å². The summed E-state index contributed by atoms with van der Waals surface area (Å²) in [6.45, 7) is 14.4. The lowest BCUT2D eigenvalue weighted by Crippen LogP contribution is -2.54. The Morgan fingerprint density at radius 3 is 2.95 bits per heavy atom. The van der Waals surface area contributed by atoms with Crippen molar-refractivity contribution >= 4 is 5.91 Å². The number of hydrogen-bond donors (Lipinski definition) is 2. The quantitative estimate of drug-likeness (QED) is 0.709. The molecular weight excluding hydrogens is 280 g/mol. The number of morpholine rings is 1. The van der Waals surface area contributed by atoms with Crippen LogP contribution in [0.15, 0.2) is 0 Å². The van der Waals surface area contributed by atoms with Crippen LogP contribution in [0, 0.1) is 5.92 Å². The maximum absolute atomic E-state index is 12.1. The van der Waals surface area contributed by atoms with Gasteiger partial charge in [-0.3, -0.25) is 14.6 Å². The average Bonchev–Trinajstić information content (AvgIpc) is 2.47. The van der Waals surface area contributed by atoms with Crippen molar-refractivity contribution in [2.75, 3.05) is 59.0 Å². The molecule has 0 spiro atoms. The number of ether oxygens (including phenoxy) is 1. The zero-order chi connectivity index (χ0) is 15.9. The van der Waals surface area contributed by atoms with Crippen LogP contribution in [0.5, 0.6) is 0 Å². The minimum atomic E-state index is 0.110. The Morgan fingerprint density at radius 1 is 1.41 bits per heavy atom. The monoisotopic (exact) mass is 312 g/mol. The maximum atomic E-state index is 12.1. The molecule has 1 amide bonds. The molecule has 128 valence electrons. The van der Waals surface area contributed by atoms with Gasteiger partial charge in [-0.15, -0.1) is 0 Å². The van der Waals surface area contributed by atoms with E-state index in [9.17, 15) is 4.79 Å². The summed E-state index contributed by atoms with van der Waals surface area (Å²) in [7, 11) is 0. The van der Waals surface area contributed by atoms with Gasteiger partial charge in [0.15, 0.2) is 0 Å². The number of carbonyl (C=O) groups is 1. The van der Waals surface area contributed by atoms with Crippen LogP contribution in [0.3, 0.4) is 0 Å². The number of nitrogens with zero attached hydrogens (tertiary/aromatic N) is 2. The third-order valence-corrected chi connectivity index (χ3v) is 4.36. The van der Waals surface area contributed by atoms with E-state index in [1.165, 1.54) is 0 Å². The lowest BCUT2D eigenvalue weighted by Gasteiger charge is -2.35. The summed E-state index contributed by atoms with van der Waals surface area (Å²) in [6.07, 6.45) is 0.122. The minimum Gasteiger partial charge on any atom is -0.374 e. The molecule has 0 radical (unpaired) electrons. The van der Waals surface area contributed by atoms with Gasteiger partial charge in [0, 0.05) is 51.9 Å². The highest BCUT2D eigenvalue weighted by molar-refractivity contribution is 5.78. The van der Waals surface area contributed by atoms with Gasteiger partial charge in [0.1, 0.15) is 0 Å². The molecule has 2 aliphatic heterocycles. The van der Waals surface area contributed by atoms with E-state index < -0.39 is 0 Å². The third-order valence-electron chi connectivity index (χ3n) is 4.36. The van der Waals surface area contributed by atoms with Crippen LogP contribution in [-0.4, -0.2) is 86.8 Å². The van der Waals surface area contributed by atoms with Crippen LogP contribution in [0.4, 0.5) is 0 Å². The SMILES string of the molecule is CC(C)CN1CCOC(CNC(=O)CN2CCNC[C@H]2C)C1. The standard InChI is InChI=1S/C16H32N4O2/c1-13(2)10-19-6-7-22-15(11-19)9-18-16(21)12-20-5-4-17-8-14(20)3/h13-15,17H,4-12H2,1-3H3,(H,18,21)/t14-,15?/m1/s1. The predicted octanol–water partition coefficient (Wildman–Crippen LogP) is -0.247. The summed E-state index contributed by atoms with van der Waals surface area (Å²) < 4.78 is 5.77. The van der Waals surface area contributed by atoms with E-state index in [4.69, 9.17) is 4.74 Å². The Hall–Kier alpha value is -0.690. The van der Waals surface area contributed by atoms with Crippen molar-refractivity contribution in [2.24, 2.45) is 5.92 Å². The summed E-state index contributed by atoms with van der Waals surface area (Å²) in [4.78, 5) is 16.8. The Kier molecular flexibility index (Phi) is 7.08. The minimum absolute atomic E-state index is 0.110. The molecule has 0 bridgehead atoms. The molecule has 2 fully saturated rings. The molecule has 0 aromatic heterocycles. The molecule has 0 aromatic carbocycles. The van der Waals surface area contributed by atoms with Gasteiger partial charge in [-0.05, 0) is 12.8 Å². The summed E-state index contributed by atoms with van der Waals surface area (Å²) in [5.74, 6) is 0.779. The molecule has 6 heteroatoms. The second-order valence-electron chi connectivity index (χ2n) is 6.97. The molecule has 2 N–H and O–H groups in total. The van der Waals surface area contributed by atoms with Gasteiger partial charge in [-0.1, -0.05) is 13.8 Å². The van der Waals surface area contributed by atoms with Crippen LogP contribution in [0.1, 0.15) is 20.8 Å². The molecule has 0 saturated carbocycles. The van der Waals surface area contributed by atoms with Crippen molar-refractivity contribution in [1.82, 2.24) is 20.4 Å². The fourth-order valence-corrected chi connectivity index (χ4v) is 3.17. The summed E-state index contributed by atoms with van der Waals surface area (Å²) in [6, 6.07) is 0.423. The Labute approximate surface area is 134 Å². The van der Waals surface area contributed by atoms with Crippen molar-refractivity contribution in [3.05, 3.63) is 0 Å². The molecule has 0 aliphatic carbocycles. The lowest BCUT2D eigenvalue weighted by atomic mass is 10.2. The zero-order valence-electron chi connectivity index (χ0n) is 14.3. The Balaban J connectivity index is 1.67. The highest BCUT2D eigenvalue weighted by atomic mass is 16.5. The summed E-state index contributed by atoms with van der Waals surface area (Å²) in [5.41, 5.74) is 0. The first-order valence-electron chi connectivity index (χ1n) is 8.60. The van der Waals surface area contributed by atoms with Gasteiger partial charge >= 0.3 is 0 Å². The molecule has 22 heavy (non-hydrogen) atoms. The smallest absolute Gasteiger partial charge is 0.234 e. The molecule has 0 aromatic rings. The number of hydrogen-bond acceptors (Lipinski definition) is 5. The second kappa shape index (κ2) is 8.82. The van der Waals surface area contributed by atoms with Gasteiger partial charge < -0.3 is 15.4 Å². The number of nitrogens with one attached hydrogen (secondary N) is 2. The van der Waals surface area contributed by atoms with Gasteiger partial charge in [0.25, 0.3) is 0 Å². The van der Waals surface area contributed by atoms with E-state index >= 15 is 0 Å². The first-order valence-corrected chi connectivity index (χ1v) is 8.60. The first-order chi connectivity index (χ1) is 10.5. The van der Waals surface area contributed by atoms with Crippen LogP contribution < -0.4 is 10.6 Å². The number of piperazine rings is 1. The van der Waals surface area contributed by atoms with Crippen molar-refractivity contribution in [3.8, 4) is 0 Å². The van der Waals surface area contributed by atoms with Gasteiger partial charge in [-0.2, -0.15) is 0 Å². The normalized spacial score (nSPS) is 28.0. The zero-order valence-corrected chi connectivity index (χ0v) is 14.3. The lowest BCUT2D eigenvalue weighted by molar-refractivity contribution is -0.124. The largest absolute Gasteiger partial charge is 0.374 e. The molecule has 2 rings (SSSR count). The first kappa shape index (κ1) is 17.7. The topological polar surface area (TPSA) is 56.8 Å². The second-order valence-corrected chi connectivity index (χ2v) is 6.97. The molecule has 1 unspecified atom stereocenters. The summed E-state index contributed by atoms with van der Waals surface area (Å²) in [5, 5.41) is 6.38. The highest BCUT2D eigenvalue weighted by Crippen LogP contribution is 2.07. The van der Waals surface area contributed by atoms with E-state index in [1.54, 1.807) is 0 Å². The van der Waals surface area contributed by atoms with E-state index in [2.05, 4.69) is 41.2 Å². The van der Waals surface area contributed by atoms with Crippen LogP contribution in [-0.2, 0) is 9.53 Å². The average molecular weight is 312 g/mol. The van der Waals surface area contributed by atoms with Crippen molar-refractivity contribution in [3.63, 3.8) is 0 Å². The van der Waals surface area contributed by atoms with E-state index in [-0.39, 0.29) is 12.0 Å². The molecule has 2 atom stereocenters. The van der Waals surface area contributed by atoms with Crippen LogP contribution in [0.2, 0.25) is 0 Å². The number of carbonyl (C=O) groups excluding carboxylic acids is 1. The van der Waals surface area contributed by atoms with Crippen molar-refractivity contribution in [2.45, 2.75) is 32.9 Å². The van der Waals surface area contributed by atoms with E-state index in [0.717, 1.165) is 45.9 Å². The molecule has 2 aliphatic rings. The van der Waals surface area contributed by atoms with E-state index in [1.807, 2.05) is 0 Å². The molecule has 2 saturated heterocycles. The maximum Gasteiger partial charge on any atom is 0.234 e.